The van der Waals surface area contributed by atoms with Gasteiger partial charge in [-0.25, -0.2) is 9.97 Å². The molecule has 1 aromatic rings. The molecule has 0 spiro atoms. The standard InChI is InChI=1S/C12H16N4/c1-9(2)10-3-4-16(8-10)12-7-14-11(5-13)6-15-12/h6-7,9-10H,3-4,8H2,1-2H3. The quantitative estimate of drug-likeness (QED) is 0.756. The van der Waals surface area contributed by atoms with Crippen LogP contribution < -0.4 is 4.90 Å². The Hall–Kier alpha value is -1.63. The average Bonchev–Trinajstić information content (AvgIpc) is 2.78. The van der Waals surface area contributed by atoms with Crippen LogP contribution >= 0.6 is 0 Å². The summed E-state index contributed by atoms with van der Waals surface area (Å²) in [5.74, 6) is 2.36. The molecule has 0 saturated carbocycles. The molecule has 1 aliphatic rings. The first kappa shape index (κ1) is 10.9. The molecule has 1 saturated heterocycles. The van der Waals surface area contributed by atoms with Gasteiger partial charge in [0.25, 0.3) is 0 Å². The second kappa shape index (κ2) is 4.48. The van der Waals surface area contributed by atoms with E-state index in [1.807, 2.05) is 6.07 Å². The molecule has 0 aromatic carbocycles. The number of aromatic nitrogens is 2. The molecule has 4 nitrogen and oxygen atoms in total. The Labute approximate surface area is 95.9 Å². The fourth-order valence-corrected chi connectivity index (χ4v) is 2.08. The van der Waals surface area contributed by atoms with E-state index >= 15 is 0 Å². The largest absolute Gasteiger partial charge is 0.355 e. The molecule has 2 heterocycles. The van der Waals surface area contributed by atoms with E-state index in [0.717, 1.165) is 30.7 Å². The van der Waals surface area contributed by atoms with Crippen molar-refractivity contribution in [1.29, 1.82) is 5.26 Å². The van der Waals surface area contributed by atoms with Gasteiger partial charge < -0.3 is 4.90 Å². The summed E-state index contributed by atoms with van der Waals surface area (Å²) >= 11 is 0. The van der Waals surface area contributed by atoms with Crippen LogP contribution in [0.1, 0.15) is 26.0 Å². The minimum atomic E-state index is 0.378. The van der Waals surface area contributed by atoms with E-state index in [1.54, 1.807) is 6.20 Å². The van der Waals surface area contributed by atoms with E-state index < -0.39 is 0 Å². The SMILES string of the molecule is CC(C)C1CCN(c2cnc(C#N)cn2)C1. The third-order valence-corrected chi connectivity index (χ3v) is 3.24. The number of rotatable bonds is 2. The summed E-state index contributed by atoms with van der Waals surface area (Å²) in [4.78, 5) is 10.6. The van der Waals surface area contributed by atoms with Crippen LogP contribution in [0, 0.1) is 23.2 Å². The van der Waals surface area contributed by atoms with E-state index in [-0.39, 0.29) is 0 Å². The van der Waals surface area contributed by atoms with Crippen LogP contribution in [0.2, 0.25) is 0 Å². The van der Waals surface area contributed by atoms with Gasteiger partial charge in [0, 0.05) is 13.1 Å². The molecule has 0 radical (unpaired) electrons. The lowest BCUT2D eigenvalue weighted by Gasteiger charge is -2.18. The first-order valence-corrected chi connectivity index (χ1v) is 5.68. The van der Waals surface area contributed by atoms with Gasteiger partial charge in [-0.05, 0) is 18.3 Å². The van der Waals surface area contributed by atoms with Gasteiger partial charge in [-0.15, -0.1) is 0 Å². The highest BCUT2D eigenvalue weighted by Crippen LogP contribution is 2.26. The summed E-state index contributed by atoms with van der Waals surface area (Å²) in [5, 5.41) is 8.64. The zero-order valence-electron chi connectivity index (χ0n) is 9.72. The Morgan fingerprint density at radius 1 is 1.44 bits per heavy atom. The fourth-order valence-electron chi connectivity index (χ4n) is 2.08. The smallest absolute Gasteiger partial charge is 0.158 e. The summed E-state index contributed by atoms with van der Waals surface area (Å²) in [7, 11) is 0. The van der Waals surface area contributed by atoms with Crippen LogP contribution in [0.15, 0.2) is 12.4 Å². The molecule has 84 valence electrons. The van der Waals surface area contributed by atoms with Crippen molar-refractivity contribution >= 4 is 5.82 Å². The fraction of sp³-hybridized carbons (Fsp3) is 0.583. The zero-order chi connectivity index (χ0) is 11.5. The molecule has 16 heavy (non-hydrogen) atoms. The number of nitriles is 1. The van der Waals surface area contributed by atoms with Crippen LogP contribution in [-0.2, 0) is 0 Å². The van der Waals surface area contributed by atoms with Crippen LogP contribution in [0.3, 0.4) is 0 Å². The van der Waals surface area contributed by atoms with Crippen molar-refractivity contribution < 1.29 is 0 Å². The Balaban J connectivity index is 2.06. The maximum atomic E-state index is 8.64. The molecule has 2 rings (SSSR count). The number of nitrogens with zero attached hydrogens (tertiary/aromatic N) is 4. The van der Waals surface area contributed by atoms with Crippen molar-refractivity contribution in [1.82, 2.24) is 9.97 Å². The molecule has 1 aromatic heterocycles. The van der Waals surface area contributed by atoms with Gasteiger partial charge in [-0.1, -0.05) is 13.8 Å². The molecule has 0 aliphatic carbocycles. The third-order valence-electron chi connectivity index (χ3n) is 3.24. The van der Waals surface area contributed by atoms with E-state index in [1.165, 1.54) is 12.6 Å². The highest BCUT2D eigenvalue weighted by molar-refractivity contribution is 5.38. The molecule has 1 aliphatic heterocycles. The van der Waals surface area contributed by atoms with Crippen LogP contribution in [0.4, 0.5) is 5.82 Å². The summed E-state index contributed by atoms with van der Waals surface area (Å²) < 4.78 is 0. The number of anilines is 1. The first-order chi connectivity index (χ1) is 7.70. The summed E-state index contributed by atoms with van der Waals surface area (Å²) in [6.45, 7) is 6.62. The Kier molecular flexibility index (Phi) is 3.04. The van der Waals surface area contributed by atoms with Crippen LogP contribution in [0.25, 0.3) is 0 Å². The Morgan fingerprint density at radius 3 is 2.75 bits per heavy atom. The minimum Gasteiger partial charge on any atom is -0.355 e. The third kappa shape index (κ3) is 2.13. The van der Waals surface area contributed by atoms with Gasteiger partial charge in [0.2, 0.25) is 0 Å². The summed E-state index contributed by atoms with van der Waals surface area (Å²) in [5.41, 5.74) is 0.378. The molecule has 0 bridgehead atoms. The monoisotopic (exact) mass is 216 g/mol. The van der Waals surface area contributed by atoms with Crippen molar-refractivity contribution in [3.63, 3.8) is 0 Å². The van der Waals surface area contributed by atoms with Gasteiger partial charge in [-0.2, -0.15) is 5.26 Å². The minimum absolute atomic E-state index is 0.378. The number of hydrogen-bond donors (Lipinski definition) is 0. The topological polar surface area (TPSA) is 52.8 Å². The maximum absolute atomic E-state index is 8.64. The maximum Gasteiger partial charge on any atom is 0.158 e. The molecule has 1 fully saturated rings. The number of hydrogen-bond acceptors (Lipinski definition) is 4. The molecular weight excluding hydrogens is 200 g/mol. The van der Waals surface area contributed by atoms with Crippen molar-refractivity contribution in [2.75, 3.05) is 18.0 Å². The molecule has 4 heteroatoms. The molecular formula is C12H16N4. The Morgan fingerprint density at radius 2 is 2.25 bits per heavy atom. The van der Waals surface area contributed by atoms with Crippen molar-refractivity contribution in [2.24, 2.45) is 11.8 Å². The lowest BCUT2D eigenvalue weighted by Crippen LogP contribution is -2.22. The molecule has 0 N–H and O–H groups in total. The summed E-state index contributed by atoms with van der Waals surface area (Å²) in [6.07, 6.45) is 4.46. The van der Waals surface area contributed by atoms with Gasteiger partial charge >= 0.3 is 0 Å². The predicted molar refractivity (Wildman–Crippen MR) is 61.9 cm³/mol. The van der Waals surface area contributed by atoms with Gasteiger partial charge in [0.05, 0.1) is 12.4 Å². The van der Waals surface area contributed by atoms with E-state index in [4.69, 9.17) is 5.26 Å². The molecule has 1 unspecified atom stereocenters. The van der Waals surface area contributed by atoms with Crippen molar-refractivity contribution in [2.45, 2.75) is 20.3 Å². The lowest BCUT2D eigenvalue weighted by atomic mass is 9.95. The molecule has 0 amide bonds. The average molecular weight is 216 g/mol. The van der Waals surface area contributed by atoms with Crippen molar-refractivity contribution in [3.05, 3.63) is 18.1 Å². The van der Waals surface area contributed by atoms with Crippen LogP contribution in [0.5, 0.6) is 0 Å². The van der Waals surface area contributed by atoms with Gasteiger partial charge in [0.1, 0.15) is 11.9 Å². The summed E-state index contributed by atoms with van der Waals surface area (Å²) in [6, 6.07) is 1.98. The second-order valence-electron chi connectivity index (χ2n) is 4.61. The van der Waals surface area contributed by atoms with E-state index in [0.29, 0.717) is 5.69 Å². The highest BCUT2D eigenvalue weighted by Gasteiger charge is 2.25. The normalized spacial score (nSPS) is 20.1. The predicted octanol–water partition coefficient (Wildman–Crippen LogP) is 1.83. The Bertz CT molecular complexity index is 390. The second-order valence-corrected chi connectivity index (χ2v) is 4.61. The molecule has 1 atom stereocenters. The van der Waals surface area contributed by atoms with Crippen molar-refractivity contribution in [3.8, 4) is 6.07 Å². The van der Waals surface area contributed by atoms with E-state index in [2.05, 4.69) is 28.7 Å². The zero-order valence-corrected chi connectivity index (χ0v) is 9.72. The van der Waals surface area contributed by atoms with E-state index in [9.17, 15) is 0 Å². The van der Waals surface area contributed by atoms with Gasteiger partial charge in [0.15, 0.2) is 5.69 Å². The first-order valence-electron chi connectivity index (χ1n) is 5.68. The van der Waals surface area contributed by atoms with Gasteiger partial charge in [-0.3, -0.25) is 0 Å². The highest BCUT2D eigenvalue weighted by atomic mass is 15.2. The lowest BCUT2D eigenvalue weighted by molar-refractivity contribution is 0.422. The van der Waals surface area contributed by atoms with Crippen LogP contribution in [-0.4, -0.2) is 23.1 Å².